The van der Waals surface area contributed by atoms with Gasteiger partial charge in [-0.3, -0.25) is 0 Å². The van der Waals surface area contributed by atoms with E-state index in [1.165, 1.54) is 0 Å². The lowest BCUT2D eigenvalue weighted by atomic mass is 10.1. The summed E-state index contributed by atoms with van der Waals surface area (Å²) in [5, 5.41) is 39.0. The Morgan fingerprint density at radius 1 is 0.352 bits per heavy atom. The molecule has 7 rings (SSSR count). The molecular weight excluding hydrogens is 681 g/mol. The van der Waals surface area contributed by atoms with Gasteiger partial charge in [-0.1, -0.05) is 66.7 Å². The van der Waals surface area contributed by atoms with E-state index in [4.69, 9.17) is 0 Å². The van der Waals surface area contributed by atoms with Crippen molar-refractivity contribution in [1.29, 1.82) is 0 Å². The Morgan fingerprint density at radius 3 is 1.07 bits per heavy atom. The number of rotatable bonds is 16. The summed E-state index contributed by atoms with van der Waals surface area (Å²) in [5.41, 5.74) is 5.24. The summed E-state index contributed by atoms with van der Waals surface area (Å²) in [6.45, 7) is 1.14. The van der Waals surface area contributed by atoms with Crippen LogP contribution in [0.1, 0.15) is 11.1 Å². The van der Waals surface area contributed by atoms with Gasteiger partial charge in [0.05, 0.1) is 0 Å². The minimum atomic E-state index is 0.230. The molecule has 0 atom stereocenters. The van der Waals surface area contributed by atoms with Crippen LogP contribution in [0.4, 0.5) is 58.4 Å². The van der Waals surface area contributed by atoms with Crippen molar-refractivity contribution >= 4 is 58.4 Å². The molecule has 14 heteroatoms. The zero-order chi connectivity index (χ0) is 37.0. The van der Waals surface area contributed by atoms with Crippen LogP contribution in [0.3, 0.4) is 0 Å². The van der Waals surface area contributed by atoms with Crippen molar-refractivity contribution in [1.82, 2.24) is 29.9 Å². The van der Waals surface area contributed by atoms with Crippen LogP contribution in [0.15, 0.2) is 133 Å². The van der Waals surface area contributed by atoms with Gasteiger partial charge in [-0.05, 0) is 90.7 Å². The number of hydrogen-bond acceptors (Lipinski definition) is 14. The van der Waals surface area contributed by atoms with Crippen LogP contribution in [-0.2, 0) is 12.8 Å². The molecule has 0 saturated carbocycles. The lowest BCUT2D eigenvalue weighted by Gasteiger charge is -2.13. The van der Waals surface area contributed by atoms with Crippen molar-refractivity contribution in [2.24, 2.45) is 0 Å². The van der Waals surface area contributed by atoms with E-state index in [0.717, 1.165) is 33.9 Å². The molecule has 2 heterocycles. The van der Waals surface area contributed by atoms with Gasteiger partial charge in [0, 0.05) is 35.8 Å². The highest BCUT2D eigenvalue weighted by Crippen LogP contribution is 2.24. The first-order chi connectivity index (χ1) is 26.5. The standard InChI is InChI=1S/C40H38N12O2/c53-33-18-14-27(15-19-33)22-24-41-35-47-37(43-29-8-3-1-4-9-29)51-39(49-35)45-31-12-7-13-32(26-31)46-40-50-36(42-25-23-28-16-20-34(54)21-17-28)48-38(52-40)44-30-10-5-2-6-11-30/h1-21,26,53-54H,22-25H2,(H3,41,43,45,47,49,51)(H3,42,44,46,48,50,52). The average Bonchev–Trinajstić information content (AvgIpc) is 3.17. The van der Waals surface area contributed by atoms with E-state index in [9.17, 15) is 10.2 Å². The summed E-state index contributed by atoms with van der Waals surface area (Å²) in [4.78, 5) is 27.7. The van der Waals surface area contributed by atoms with E-state index in [0.29, 0.717) is 61.6 Å². The van der Waals surface area contributed by atoms with E-state index in [1.54, 1.807) is 24.3 Å². The maximum absolute atomic E-state index is 9.61. The van der Waals surface area contributed by atoms with Crippen molar-refractivity contribution in [3.8, 4) is 11.5 Å². The highest BCUT2D eigenvalue weighted by Gasteiger charge is 2.11. The fraction of sp³-hybridized carbons (Fsp3) is 0.100. The molecule has 0 spiro atoms. The molecule has 14 nitrogen and oxygen atoms in total. The van der Waals surface area contributed by atoms with Crippen LogP contribution < -0.4 is 31.9 Å². The summed E-state index contributed by atoms with van der Waals surface area (Å²) < 4.78 is 0. The zero-order valence-corrected chi connectivity index (χ0v) is 29.1. The van der Waals surface area contributed by atoms with Crippen molar-refractivity contribution in [3.05, 3.63) is 145 Å². The molecule has 0 aliphatic carbocycles. The lowest BCUT2D eigenvalue weighted by molar-refractivity contribution is 0.474. The van der Waals surface area contributed by atoms with E-state index in [1.807, 2.05) is 109 Å². The number of para-hydroxylation sites is 2. The van der Waals surface area contributed by atoms with E-state index in [-0.39, 0.29) is 11.5 Å². The van der Waals surface area contributed by atoms with E-state index < -0.39 is 0 Å². The van der Waals surface area contributed by atoms with Crippen molar-refractivity contribution < 1.29 is 10.2 Å². The second-order valence-corrected chi connectivity index (χ2v) is 12.1. The third-order valence-electron chi connectivity index (χ3n) is 7.97. The van der Waals surface area contributed by atoms with Crippen LogP contribution in [0.5, 0.6) is 11.5 Å². The summed E-state index contributed by atoms with van der Waals surface area (Å²) in [5.74, 6) is 2.66. The number of anilines is 10. The van der Waals surface area contributed by atoms with Gasteiger partial charge in [-0.2, -0.15) is 29.9 Å². The smallest absolute Gasteiger partial charge is 0.233 e. The summed E-state index contributed by atoms with van der Waals surface area (Å²) in [6, 6.07) is 41.2. The van der Waals surface area contributed by atoms with Gasteiger partial charge < -0.3 is 42.1 Å². The van der Waals surface area contributed by atoms with Gasteiger partial charge >= 0.3 is 0 Å². The number of nitrogens with zero attached hydrogens (tertiary/aromatic N) is 6. The molecule has 270 valence electrons. The minimum Gasteiger partial charge on any atom is -0.508 e. The molecule has 2 aromatic heterocycles. The van der Waals surface area contributed by atoms with Crippen LogP contribution in [0.2, 0.25) is 0 Å². The maximum atomic E-state index is 9.61. The lowest BCUT2D eigenvalue weighted by Crippen LogP contribution is -2.12. The molecular formula is C40H38N12O2. The first-order valence-corrected chi connectivity index (χ1v) is 17.3. The Kier molecular flexibility index (Phi) is 11.1. The first-order valence-electron chi connectivity index (χ1n) is 17.3. The molecule has 54 heavy (non-hydrogen) atoms. The van der Waals surface area contributed by atoms with Gasteiger partial charge in [0.2, 0.25) is 35.7 Å². The number of phenols is 2. The highest BCUT2D eigenvalue weighted by atomic mass is 16.3. The fourth-order valence-corrected chi connectivity index (χ4v) is 5.33. The molecule has 0 bridgehead atoms. The highest BCUT2D eigenvalue weighted by molar-refractivity contribution is 5.66. The van der Waals surface area contributed by atoms with Crippen molar-refractivity contribution in [3.63, 3.8) is 0 Å². The maximum Gasteiger partial charge on any atom is 0.233 e. The fourth-order valence-electron chi connectivity index (χ4n) is 5.33. The number of phenolic OH excluding ortho intramolecular Hbond substituents is 2. The van der Waals surface area contributed by atoms with E-state index >= 15 is 0 Å². The van der Waals surface area contributed by atoms with E-state index in [2.05, 4.69) is 61.8 Å². The number of aromatic hydroxyl groups is 2. The molecule has 0 aliphatic rings. The summed E-state index contributed by atoms with van der Waals surface area (Å²) in [6.07, 6.45) is 1.42. The predicted octanol–water partition coefficient (Wildman–Crippen LogP) is 7.75. The first kappa shape index (κ1) is 34.9. The van der Waals surface area contributed by atoms with Crippen molar-refractivity contribution in [2.45, 2.75) is 12.8 Å². The molecule has 8 N–H and O–H groups in total. The topological polar surface area (TPSA) is 190 Å². The Hall–Kier alpha value is -7.48. The Balaban J connectivity index is 1.08. The van der Waals surface area contributed by atoms with Crippen LogP contribution in [-0.4, -0.2) is 53.2 Å². The molecule has 0 fully saturated rings. The quantitative estimate of drug-likeness (QED) is 0.0484. The second-order valence-electron chi connectivity index (χ2n) is 12.1. The summed E-state index contributed by atoms with van der Waals surface area (Å²) in [7, 11) is 0. The van der Waals surface area contributed by atoms with Gasteiger partial charge in [-0.15, -0.1) is 0 Å². The number of hydrogen-bond donors (Lipinski definition) is 8. The Morgan fingerprint density at radius 2 is 0.685 bits per heavy atom. The zero-order valence-electron chi connectivity index (χ0n) is 29.1. The van der Waals surface area contributed by atoms with Gasteiger partial charge in [0.15, 0.2) is 0 Å². The average molecular weight is 719 g/mol. The minimum absolute atomic E-state index is 0.230. The van der Waals surface area contributed by atoms with Gasteiger partial charge in [0.25, 0.3) is 0 Å². The summed E-state index contributed by atoms with van der Waals surface area (Å²) >= 11 is 0. The van der Waals surface area contributed by atoms with Crippen LogP contribution in [0.25, 0.3) is 0 Å². The monoisotopic (exact) mass is 718 g/mol. The third-order valence-corrected chi connectivity index (χ3v) is 7.97. The van der Waals surface area contributed by atoms with Crippen LogP contribution >= 0.6 is 0 Å². The molecule has 0 amide bonds. The molecule has 7 aromatic rings. The Bertz CT molecular complexity index is 2100. The molecule has 5 aromatic carbocycles. The number of aromatic nitrogens is 6. The molecule has 0 saturated heterocycles. The normalized spacial score (nSPS) is 10.7. The Labute approximate surface area is 311 Å². The number of benzene rings is 5. The van der Waals surface area contributed by atoms with Crippen molar-refractivity contribution in [2.75, 3.05) is 45.0 Å². The molecule has 0 aliphatic heterocycles. The molecule has 0 unspecified atom stereocenters. The predicted molar refractivity (Wildman–Crippen MR) is 213 cm³/mol. The SMILES string of the molecule is Oc1ccc(CCNc2nc(Nc3ccccc3)nc(Nc3cccc(Nc4nc(NCCc5ccc(O)cc5)nc(Nc5ccccc5)n4)c3)n2)cc1. The van der Waals surface area contributed by atoms with Gasteiger partial charge in [-0.25, -0.2) is 0 Å². The largest absolute Gasteiger partial charge is 0.508 e. The second kappa shape index (κ2) is 17.2. The van der Waals surface area contributed by atoms with Gasteiger partial charge in [0.1, 0.15) is 11.5 Å². The number of nitrogens with one attached hydrogen (secondary N) is 6. The van der Waals surface area contributed by atoms with Crippen LogP contribution in [0, 0.1) is 0 Å². The molecule has 0 radical (unpaired) electrons. The third kappa shape index (κ3) is 10.3.